The number of urea groups is 1. The van der Waals surface area contributed by atoms with Crippen molar-refractivity contribution in [3.63, 3.8) is 0 Å². The zero-order valence-corrected chi connectivity index (χ0v) is 10.8. The van der Waals surface area contributed by atoms with Gasteiger partial charge in [-0.25, -0.2) is 4.79 Å². The van der Waals surface area contributed by atoms with Gasteiger partial charge < -0.3 is 22.1 Å². The van der Waals surface area contributed by atoms with Crippen LogP contribution in [0.5, 0.6) is 0 Å². The molecule has 6 heteroatoms. The number of hydrogen-bond acceptors (Lipinski definition) is 3. The third-order valence-corrected chi connectivity index (χ3v) is 2.66. The highest BCUT2D eigenvalue weighted by Crippen LogP contribution is 2.14. The molecule has 0 aliphatic heterocycles. The van der Waals surface area contributed by atoms with Crippen molar-refractivity contribution < 1.29 is 9.59 Å². The molecule has 0 radical (unpaired) electrons. The zero-order chi connectivity index (χ0) is 14.1. The van der Waals surface area contributed by atoms with Gasteiger partial charge in [0.1, 0.15) is 0 Å². The average molecular weight is 264 g/mol. The van der Waals surface area contributed by atoms with Crippen LogP contribution in [0.2, 0.25) is 0 Å². The summed E-state index contributed by atoms with van der Waals surface area (Å²) in [5.74, 6) is -0.0855. The molecule has 0 aliphatic carbocycles. The van der Waals surface area contributed by atoms with Gasteiger partial charge in [0, 0.05) is 25.6 Å². The SMILES string of the molecule is NC(=O)NCCNC(=O)CCC(N)c1ccccc1. The van der Waals surface area contributed by atoms with Crippen LogP contribution in [0.1, 0.15) is 24.4 Å². The molecular weight excluding hydrogens is 244 g/mol. The van der Waals surface area contributed by atoms with Gasteiger partial charge in [-0.1, -0.05) is 30.3 Å². The maximum atomic E-state index is 11.5. The van der Waals surface area contributed by atoms with Crippen LogP contribution in [0, 0.1) is 0 Å². The summed E-state index contributed by atoms with van der Waals surface area (Å²) >= 11 is 0. The van der Waals surface area contributed by atoms with E-state index in [1.54, 1.807) is 0 Å². The summed E-state index contributed by atoms with van der Waals surface area (Å²) in [7, 11) is 0. The molecule has 1 aromatic carbocycles. The van der Waals surface area contributed by atoms with Crippen LogP contribution in [0.4, 0.5) is 4.79 Å². The van der Waals surface area contributed by atoms with Crippen LogP contribution in [-0.4, -0.2) is 25.0 Å². The molecule has 0 bridgehead atoms. The molecule has 6 N–H and O–H groups in total. The van der Waals surface area contributed by atoms with Crippen LogP contribution in [0.3, 0.4) is 0 Å². The second-order valence-corrected chi connectivity index (χ2v) is 4.20. The standard InChI is InChI=1S/C13H20N4O2/c14-11(10-4-2-1-3-5-10)6-7-12(18)16-8-9-17-13(15)19/h1-5,11H,6-9,14H2,(H,16,18)(H3,15,17,19). The summed E-state index contributed by atoms with van der Waals surface area (Å²) in [6, 6.07) is 8.92. The summed E-state index contributed by atoms with van der Waals surface area (Å²) in [5, 5.41) is 5.07. The van der Waals surface area contributed by atoms with Gasteiger partial charge in [-0.3, -0.25) is 4.79 Å². The number of nitrogens with two attached hydrogens (primary N) is 2. The topological polar surface area (TPSA) is 110 Å². The van der Waals surface area contributed by atoms with Gasteiger partial charge in [0.05, 0.1) is 0 Å². The molecule has 19 heavy (non-hydrogen) atoms. The van der Waals surface area contributed by atoms with Gasteiger partial charge in [-0.2, -0.15) is 0 Å². The molecule has 0 saturated heterocycles. The van der Waals surface area contributed by atoms with Gasteiger partial charge in [-0.15, -0.1) is 0 Å². The highest BCUT2D eigenvalue weighted by Gasteiger charge is 2.08. The first-order valence-electron chi connectivity index (χ1n) is 6.20. The highest BCUT2D eigenvalue weighted by atomic mass is 16.2. The molecule has 1 atom stereocenters. The average Bonchev–Trinajstić information content (AvgIpc) is 2.41. The smallest absolute Gasteiger partial charge is 0.312 e. The molecular formula is C13H20N4O2. The van der Waals surface area contributed by atoms with E-state index in [1.807, 2.05) is 30.3 Å². The number of hydrogen-bond donors (Lipinski definition) is 4. The monoisotopic (exact) mass is 264 g/mol. The number of carbonyl (C=O) groups excluding carboxylic acids is 2. The van der Waals surface area contributed by atoms with E-state index >= 15 is 0 Å². The minimum absolute atomic E-state index is 0.0855. The molecule has 1 rings (SSSR count). The lowest BCUT2D eigenvalue weighted by atomic mass is 10.0. The maximum absolute atomic E-state index is 11.5. The van der Waals surface area contributed by atoms with Crippen LogP contribution in [0.15, 0.2) is 30.3 Å². The maximum Gasteiger partial charge on any atom is 0.312 e. The lowest BCUT2D eigenvalue weighted by molar-refractivity contribution is -0.121. The predicted octanol–water partition coefficient (Wildman–Crippen LogP) is 0.251. The molecule has 1 aromatic rings. The van der Waals surface area contributed by atoms with E-state index in [2.05, 4.69) is 10.6 Å². The molecule has 0 aromatic heterocycles. The van der Waals surface area contributed by atoms with Crippen molar-refractivity contribution in [2.24, 2.45) is 11.5 Å². The van der Waals surface area contributed by atoms with Crippen molar-refractivity contribution in [2.75, 3.05) is 13.1 Å². The Kier molecular flexibility index (Phi) is 6.38. The largest absolute Gasteiger partial charge is 0.354 e. The Morgan fingerprint density at radius 1 is 1.11 bits per heavy atom. The summed E-state index contributed by atoms with van der Waals surface area (Å²) in [6.45, 7) is 0.689. The van der Waals surface area contributed by atoms with Gasteiger partial charge in [0.2, 0.25) is 5.91 Å². The number of amides is 3. The van der Waals surface area contributed by atoms with E-state index < -0.39 is 6.03 Å². The van der Waals surface area contributed by atoms with Gasteiger partial charge in [-0.05, 0) is 12.0 Å². The Balaban J connectivity index is 2.18. The number of nitrogens with one attached hydrogen (secondary N) is 2. The molecule has 0 heterocycles. The Morgan fingerprint density at radius 2 is 1.74 bits per heavy atom. The molecule has 0 aliphatic rings. The fourth-order valence-corrected chi connectivity index (χ4v) is 1.63. The normalized spacial score (nSPS) is 11.6. The third-order valence-electron chi connectivity index (χ3n) is 2.66. The van der Waals surface area contributed by atoms with E-state index in [0.29, 0.717) is 25.9 Å². The molecule has 1 unspecified atom stereocenters. The zero-order valence-electron chi connectivity index (χ0n) is 10.8. The lowest BCUT2D eigenvalue weighted by Gasteiger charge is -2.11. The Hall–Kier alpha value is -2.08. The predicted molar refractivity (Wildman–Crippen MR) is 73.2 cm³/mol. The first-order valence-corrected chi connectivity index (χ1v) is 6.20. The van der Waals surface area contributed by atoms with Crippen molar-refractivity contribution >= 4 is 11.9 Å². The lowest BCUT2D eigenvalue weighted by Crippen LogP contribution is -2.37. The van der Waals surface area contributed by atoms with Crippen molar-refractivity contribution in [2.45, 2.75) is 18.9 Å². The van der Waals surface area contributed by atoms with Gasteiger partial charge >= 0.3 is 6.03 Å². The van der Waals surface area contributed by atoms with Gasteiger partial charge in [0.25, 0.3) is 0 Å². The number of primary amides is 1. The highest BCUT2D eigenvalue weighted by molar-refractivity contribution is 5.76. The van der Waals surface area contributed by atoms with E-state index in [1.165, 1.54) is 0 Å². The minimum atomic E-state index is -0.597. The van der Waals surface area contributed by atoms with Crippen molar-refractivity contribution in [1.82, 2.24) is 10.6 Å². The van der Waals surface area contributed by atoms with E-state index in [9.17, 15) is 9.59 Å². The molecule has 104 valence electrons. The summed E-state index contributed by atoms with van der Waals surface area (Å²) in [4.78, 5) is 21.9. The Labute approximate surface area is 112 Å². The number of rotatable bonds is 7. The van der Waals surface area contributed by atoms with Gasteiger partial charge in [0.15, 0.2) is 0 Å². The third kappa shape index (κ3) is 6.42. The van der Waals surface area contributed by atoms with Crippen LogP contribution in [-0.2, 0) is 4.79 Å². The molecule has 0 saturated carbocycles. The second-order valence-electron chi connectivity index (χ2n) is 4.20. The molecule has 6 nitrogen and oxygen atoms in total. The van der Waals surface area contributed by atoms with E-state index in [0.717, 1.165) is 5.56 Å². The quantitative estimate of drug-likeness (QED) is 0.530. The van der Waals surface area contributed by atoms with E-state index in [-0.39, 0.29) is 11.9 Å². The molecule has 0 spiro atoms. The molecule has 3 amide bonds. The summed E-state index contributed by atoms with van der Waals surface area (Å²) in [6.07, 6.45) is 0.936. The number of benzene rings is 1. The first-order chi connectivity index (χ1) is 9.09. The fraction of sp³-hybridized carbons (Fsp3) is 0.385. The van der Waals surface area contributed by atoms with Crippen LogP contribution >= 0.6 is 0 Å². The van der Waals surface area contributed by atoms with Crippen LogP contribution in [0.25, 0.3) is 0 Å². The Morgan fingerprint density at radius 3 is 2.37 bits per heavy atom. The molecule has 0 fully saturated rings. The number of carbonyl (C=O) groups is 2. The summed E-state index contributed by atoms with van der Waals surface area (Å²) in [5.41, 5.74) is 11.9. The second kappa shape index (κ2) is 8.10. The Bertz CT molecular complexity index is 408. The minimum Gasteiger partial charge on any atom is -0.354 e. The summed E-state index contributed by atoms with van der Waals surface area (Å²) < 4.78 is 0. The van der Waals surface area contributed by atoms with E-state index in [4.69, 9.17) is 11.5 Å². The first kappa shape index (κ1) is 15.0. The fourth-order valence-electron chi connectivity index (χ4n) is 1.63. The van der Waals surface area contributed by atoms with Crippen molar-refractivity contribution in [3.05, 3.63) is 35.9 Å². The van der Waals surface area contributed by atoms with Crippen LogP contribution < -0.4 is 22.1 Å². The van der Waals surface area contributed by atoms with Crippen molar-refractivity contribution in [1.29, 1.82) is 0 Å². The van der Waals surface area contributed by atoms with Crippen molar-refractivity contribution in [3.8, 4) is 0 Å².